The molecule has 0 N–H and O–H groups in total. The number of nitrogens with zero attached hydrogens (tertiary/aromatic N) is 2. The molecule has 0 saturated carbocycles. The van der Waals surface area contributed by atoms with Gasteiger partial charge in [0.05, 0.1) is 26.3 Å². The van der Waals surface area contributed by atoms with Gasteiger partial charge in [0.1, 0.15) is 5.54 Å². The van der Waals surface area contributed by atoms with E-state index in [0.29, 0.717) is 0 Å². The van der Waals surface area contributed by atoms with Crippen molar-refractivity contribution in [2.45, 2.75) is 44.2 Å². The van der Waals surface area contributed by atoms with Crippen molar-refractivity contribution < 1.29 is 9.47 Å². The van der Waals surface area contributed by atoms with Gasteiger partial charge in [-0.05, 0) is 67.5 Å². The Morgan fingerprint density at radius 3 is 2.41 bits per heavy atom. The largest absolute Gasteiger partial charge is 0.493 e. The Bertz CT molecular complexity index is 1110. The number of rotatable bonds is 7. The van der Waals surface area contributed by atoms with E-state index >= 15 is 0 Å². The summed E-state index contributed by atoms with van der Waals surface area (Å²) in [5, 5.41) is 10.6. The molecule has 1 aliphatic heterocycles. The first-order chi connectivity index (χ1) is 15.6. The summed E-state index contributed by atoms with van der Waals surface area (Å²) in [6.45, 7) is 2.21. The Kier molecular flexibility index (Phi) is 6.37. The van der Waals surface area contributed by atoms with E-state index in [9.17, 15) is 5.26 Å². The predicted molar refractivity (Wildman–Crippen MR) is 128 cm³/mol. The average Bonchev–Trinajstić information content (AvgIpc) is 2.87. The summed E-state index contributed by atoms with van der Waals surface area (Å²) in [4.78, 5) is 2.36. The molecule has 0 amide bonds. The normalized spacial score (nSPS) is 18.4. The number of nitriles is 1. The van der Waals surface area contributed by atoms with Gasteiger partial charge in [0, 0.05) is 5.69 Å². The molecule has 0 unspecified atom stereocenters. The molecule has 0 saturated heterocycles. The van der Waals surface area contributed by atoms with Crippen LogP contribution in [0.4, 0.5) is 5.69 Å². The van der Waals surface area contributed by atoms with Crippen LogP contribution in [0.25, 0.3) is 0 Å². The molecule has 164 valence electrons. The number of aryl methyl sites for hydroxylation is 2. The molecule has 0 fully saturated rings. The number of benzene rings is 3. The second-order valence-electron chi connectivity index (χ2n) is 8.42. The molecule has 0 aliphatic carbocycles. The van der Waals surface area contributed by atoms with E-state index in [4.69, 9.17) is 9.47 Å². The van der Waals surface area contributed by atoms with Gasteiger partial charge in [0.15, 0.2) is 11.5 Å². The summed E-state index contributed by atoms with van der Waals surface area (Å²) >= 11 is 0. The van der Waals surface area contributed by atoms with Crippen molar-refractivity contribution in [3.63, 3.8) is 0 Å². The zero-order chi connectivity index (χ0) is 22.6. The fraction of sp³-hybridized carbons (Fsp3) is 0.321. The zero-order valence-corrected chi connectivity index (χ0v) is 19.0. The summed E-state index contributed by atoms with van der Waals surface area (Å²) in [5.74, 6) is 1.44. The molecule has 0 aromatic heterocycles. The first-order valence-electron chi connectivity index (χ1n) is 11.2. The van der Waals surface area contributed by atoms with E-state index in [0.717, 1.165) is 42.7 Å². The molecular formula is C28H30N2O2. The summed E-state index contributed by atoms with van der Waals surface area (Å²) in [7, 11) is 3.30. The highest BCUT2D eigenvalue weighted by Crippen LogP contribution is 2.44. The maximum Gasteiger partial charge on any atom is 0.160 e. The van der Waals surface area contributed by atoms with E-state index in [1.165, 1.54) is 16.8 Å². The van der Waals surface area contributed by atoms with Gasteiger partial charge in [0.2, 0.25) is 0 Å². The van der Waals surface area contributed by atoms with Crippen molar-refractivity contribution in [2.75, 3.05) is 19.1 Å². The lowest BCUT2D eigenvalue weighted by molar-refractivity contribution is 0.353. The van der Waals surface area contributed by atoms with Crippen molar-refractivity contribution >= 4 is 5.69 Å². The Morgan fingerprint density at radius 2 is 1.69 bits per heavy atom. The van der Waals surface area contributed by atoms with Crippen LogP contribution in [-0.2, 0) is 12.8 Å². The molecule has 4 heteroatoms. The minimum absolute atomic E-state index is 0.0858. The average molecular weight is 427 g/mol. The number of hydrogen-bond acceptors (Lipinski definition) is 4. The van der Waals surface area contributed by atoms with E-state index in [2.05, 4.69) is 72.5 Å². The number of para-hydroxylation sites is 1. The first kappa shape index (κ1) is 21.8. The van der Waals surface area contributed by atoms with Gasteiger partial charge in [-0.3, -0.25) is 0 Å². The standard InChI is InChI=1S/C28H30N2O2/c1-21(23-9-5-4-6-10-23)30-25-12-8-7-11-24(25)16-18-28(30,20-29)17-15-22-13-14-26(31-2)27(19-22)32-3/h4-14,19,21H,15-18H2,1-3H3/t21-,28-/m1/s1. The SMILES string of the molecule is COc1ccc(CC[C@]2(C#N)CCc3ccccc3N2[C@H](C)c2ccccc2)cc1OC. The summed E-state index contributed by atoms with van der Waals surface area (Å²) < 4.78 is 10.9. The monoisotopic (exact) mass is 426 g/mol. The topological polar surface area (TPSA) is 45.5 Å². The van der Waals surface area contributed by atoms with Crippen LogP contribution in [0.1, 0.15) is 42.5 Å². The maximum atomic E-state index is 10.6. The Balaban J connectivity index is 1.70. The fourth-order valence-electron chi connectivity index (χ4n) is 4.91. The zero-order valence-electron chi connectivity index (χ0n) is 19.0. The van der Waals surface area contributed by atoms with Gasteiger partial charge in [-0.1, -0.05) is 54.6 Å². The van der Waals surface area contributed by atoms with Gasteiger partial charge in [-0.15, -0.1) is 0 Å². The lowest BCUT2D eigenvalue weighted by atomic mass is 9.79. The second-order valence-corrected chi connectivity index (χ2v) is 8.42. The highest BCUT2D eigenvalue weighted by atomic mass is 16.5. The molecule has 1 heterocycles. The van der Waals surface area contributed by atoms with Crippen molar-refractivity contribution in [1.82, 2.24) is 0 Å². The number of hydrogen-bond donors (Lipinski definition) is 0. The van der Waals surface area contributed by atoms with Crippen LogP contribution in [0, 0.1) is 11.3 Å². The van der Waals surface area contributed by atoms with Crippen molar-refractivity contribution in [2.24, 2.45) is 0 Å². The minimum atomic E-state index is -0.587. The number of fused-ring (bicyclic) bond motifs is 1. The smallest absolute Gasteiger partial charge is 0.160 e. The van der Waals surface area contributed by atoms with Gasteiger partial charge in [-0.2, -0.15) is 5.26 Å². The number of methoxy groups -OCH3 is 2. The lowest BCUT2D eigenvalue weighted by Gasteiger charge is -2.48. The summed E-state index contributed by atoms with van der Waals surface area (Å²) in [6.07, 6.45) is 3.25. The molecule has 3 aromatic carbocycles. The minimum Gasteiger partial charge on any atom is -0.493 e. The predicted octanol–water partition coefficient (Wildman–Crippen LogP) is 6.11. The number of anilines is 1. The van der Waals surface area contributed by atoms with E-state index < -0.39 is 5.54 Å². The first-order valence-corrected chi connectivity index (χ1v) is 11.2. The second kappa shape index (κ2) is 9.36. The van der Waals surface area contributed by atoms with Gasteiger partial charge < -0.3 is 14.4 Å². The number of ether oxygens (including phenoxy) is 2. The Hall–Kier alpha value is -3.45. The third-order valence-electron chi connectivity index (χ3n) is 6.67. The van der Waals surface area contributed by atoms with Crippen molar-refractivity contribution in [3.05, 3.63) is 89.5 Å². The quantitative estimate of drug-likeness (QED) is 0.457. The van der Waals surface area contributed by atoms with E-state index in [1.54, 1.807) is 14.2 Å². The summed E-state index contributed by atoms with van der Waals surface area (Å²) in [5.41, 5.74) is 4.26. The van der Waals surface area contributed by atoms with Crippen LogP contribution < -0.4 is 14.4 Å². The molecule has 3 aromatic rings. The van der Waals surface area contributed by atoms with Crippen molar-refractivity contribution in [3.8, 4) is 17.6 Å². The van der Waals surface area contributed by atoms with Crippen LogP contribution in [0.3, 0.4) is 0 Å². The van der Waals surface area contributed by atoms with Crippen LogP contribution in [0.2, 0.25) is 0 Å². The molecule has 0 spiro atoms. The Morgan fingerprint density at radius 1 is 0.969 bits per heavy atom. The van der Waals surface area contributed by atoms with Crippen LogP contribution >= 0.6 is 0 Å². The molecule has 1 aliphatic rings. The molecule has 4 nitrogen and oxygen atoms in total. The molecule has 0 radical (unpaired) electrons. The van der Waals surface area contributed by atoms with Crippen LogP contribution in [0.15, 0.2) is 72.8 Å². The maximum absolute atomic E-state index is 10.6. The highest BCUT2D eigenvalue weighted by Gasteiger charge is 2.43. The Labute approximate surface area is 191 Å². The van der Waals surface area contributed by atoms with E-state index in [-0.39, 0.29) is 6.04 Å². The third kappa shape index (κ3) is 4.03. The molecule has 4 rings (SSSR count). The highest BCUT2D eigenvalue weighted by molar-refractivity contribution is 5.61. The van der Waals surface area contributed by atoms with Crippen LogP contribution in [0.5, 0.6) is 11.5 Å². The van der Waals surface area contributed by atoms with Gasteiger partial charge in [0.25, 0.3) is 0 Å². The van der Waals surface area contributed by atoms with Crippen molar-refractivity contribution in [1.29, 1.82) is 5.26 Å². The van der Waals surface area contributed by atoms with Gasteiger partial charge >= 0.3 is 0 Å². The van der Waals surface area contributed by atoms with Gasteiger partial charge in [-0.25, -0.2) is 0 Å². The molecule has 0 bridgehead atoms. The molecule has 32 heavy (non-hydrogen) atoms. The molecular weight excluding hydrogens is 396 g/mol. The third-order valence-corrected chi connectivity index (χ3v) is 6.67. The molecule has 2 atom stereocenters. The summed E-state index contributed by atoms with van der Waals surface area (Å²) in [6, 6.07) is 27.9. The lowest BCUT2D eigenvalue weighted by Crippen LogP contribution is -2.52. The van der Waals surface area contributed by atoms with E-state index in [1.807, 2.05) is 18.2 Å². The fourth-order valence-corrected chi connectivity index (χ4v) is 4.91. The van der Waals surface area contributed by atoms with Crippen LogP contribution in [-0.4, -0.2) is 19.8 Å².